The summed E-state index contributed by atoms with van der Waals surface area (Å²) in [5.74, 6) is 2.14. The second-order valence-electron chi connectivity index (χ2n) is 7.91. The Bertz CT molecular complexity index is 1250. The number of ether oxygens (including phenoxy) is 1. The fourth-order valence-corrected chi connectivity index (χ4v) is 3.75. The van der Waals surface area contributed by atoms with Crippen LogP contribution < -0.4 is 9.64 Å². The Labute approximate surface area is 197 Å². The van der Waals surface area contributed by atoms with E-state index >= 15 is 0 Å². The number of carbonyl (C=O) groups excluding carboxylic acids is 1. The molecule has 0 atom stereocenters. The SMILES string of the molecule is Cc1ncc(N2CCN(C(=O)COc3ccccc3)CC2)nc1-c1nnc(-c2ccccc2)o1. The smallest absolute Gasteiger partial charge is 0.268 e. The van der Waals surface area contributed by atoms with Crippen LogP contribution in [0, 0.1) is 6.92 Å². The van der Waals surface area contributed by atoms with Crippen LogP contribution in [0.5, 0.6) is 5.75 Å². The summed E-state index contributed by atoms with van der Waals surface area (Å²) in [5.41, 5.74) is 2.11. The summed E-state index contributed by atoms with van der Waals surface area (Å²) in [5, 5.41) is 8.35. The van der Waals surface area contributed by atoms with Gasteiger partial charge in [0.15, 0.2) is 12.3 Å². The van der Waals surface area contributed by atoms with Crippen molar-refractivity contribution in [1.82, 2.24) is 25.1 Å². The average molecular weight is 457 g/mol. The van der Waals surface area contributed by atoms with Gasteiger partial charge in [0, 0.05) is 31.7 Å². The van der Waals surface area contributed by atoms with E-state index in [-0.39, 0.29) is 12.5 Å². The maximum atomic E-state index is 12.5. The molecule has 9 nitrogen and oxygen atoms in total. The molecule has 172 valence electrons. The summed E-state index contributed by atoms with van der Waals surface area (Å²) in [6.07, 6.45) is 1.74. The van der Waals surface area contributed by atoms with Crippen LogP contribution in [0.4, 0.5) is 5.82 Å². The van der Waals surface area contributed by atoms with Crippen molar-refractivity contribution in [2.24, 2.45) is 0 Å². The highest BCUT2D eigenvalue weighted by molar-refractivity contribution is 5.78. The number of aryl methyl sites for hydroxylation is 1. The first-order valence-electron chi connectivity index (χ1n) is 11.1. The van der Waals surface area contributed by atoms with Gasteiger partial charge in [-0.05, 0) is 31.2 Å². The highest BCUT2D eigenvalue weighted by Gasteiger charge is 2.24. The van der Waals surface area contributed by atoms with Crippen LogP contribution in [0.2, 0.25) is 0 Å². The van der Waals surface area contributed by atoms with Crippen LogP contribution in [-0.2, 0) is 4.79 Å². The molecule has 1 saturated heterocycles. The maximum Gasteiger partial charge on any atom is 0.268 e. The third kappa shape index (κ3) is 4.73. The number of carbonyl (C=O) groups is 1. The third-order valence-electron chi connectivity index (χ3n) is 5.65. The first kappa shape index (κ1) is 21.6. The Hall–Kier alpha value is -4.27. The van der Waals surface area contributed by atoms with E-state index in [4.69, 9.17) is 14.1 Å². The fourth-order valence-electron chi connectivity index (χ4n) is 3.75. The Morgan fingerprint density at radius 1 is 0.941 bits per heavy atom. The number of hydrogen-bond acceptors (Lipinski definition) is 8. The monoisotopic (exact) mass is 456 g/mol. The van der Waals surface area contributed by atoms with Crippen LogP contribution in [0.15, 0.2) is 71.3 Å². The van der Waals surface area contributed by atoms with E-state index in [0.717, 1.165) is 5.56 Å². The molecule has 1 fully saturated rings. The van der Waals surface area contributed by atoms with Gasteiger partial charge in [-0.3, -0.25) is 9.78 Å². The molecule has 0 spiro atoms. The molecule has 3 heterocycles. The minimum Gasteiger partial charge on any atom is -0.484 e. The molecule has 0 unspecified atom stereocenters. The molecule has 4 aromatic rings. The van der Waals surface area contributed by atoms with Crippen molar-refractivity contribution in [3.05, 3.63) is 72.6 Å². The van der Waals surface area contributed by atoms with E-state index < -0.39 is 0 Å². The second-order valence-corrected chi connectivity index (χ2v) is 7.91. The molecule has 0 bridgehead atoms. The Kier molecular flexibility index (Phi) is 6.15. The van der Waals surface area contributed by atoms with Crippen molar-refractivity contribution in [2.75, 3.05) is 37.7 Å². The Morgan fingerprint density at radius 3 is 2.35 bits per heavy atom. The summed E-state index contributed by atoms with van der Waals surface area (Å²) in [6, 6.07) is 19.0. The predicted molar refractivity (Wildman–Crippen MR) is 126 cm³/mol. The molecule has 2 aromatic heterocycles. The van der Waals surface area contributed by atoms with Crippen molar-refractivity contribution in [1.29, 1.82) is 0 Å². The molecule has 1 aliphatic heterocycles. The Balaban J connectivity index is 1.23. The van der Waals surface area contributed by atoms with Crippen molar-refractivity contribution in [2.45, 2.75) is 6.92 Å². The van der Waals surface area contributed by atoms with Gasteiger partial charge in [0.1, 0.15) is 11.6 Å². The number of nitrogens with zero attached hydrogens (tertiary/aromatic N) is 6. The lowest BCUT2D eigenvalue weighted by molar-refractivity contribution is -0.133. The zero-order valence-electron chi connectivity index (χ0n) is 18.8. The van der Waals surface area contributed by atoms with Gasteiger partial charge in [0.05, 0.1) is 11.9 Å². The minimum atomic E-state index is -0.0292. The molecule has 0 saturated carbocycles. The lowest BCUT2D eigenvalue weighted by Gasteiger charge is -2.35. The standard InChI is InChI=1S/C25H24N6O3/c1-18-23(25-29-28-24(34-25)19-8-4-2-5-9-19)27-21(16-26-18)30-12-14-31(15-13-30)22(32)17-33-20-10-6-3-7-11-20/h2-11,16H,12-15,17H2,1H3. The zero-order chi connectivity index (χ0) is 23.3. The molecule has 0 N–H and O–H groups in total. The summed E-state index contributed by atoms with van der Waals surface area (Å²) < 4.78 is 11.5. The van der Waals surface area contributed by atoms with Crippen LogP contribution in [-0.4, -0.2) is 63.8 Å². The number of para-hydroxylation sites is 1. The summed E-state index contributed by atoms with van der Waals surface area (Å²) >= 11 is 0. The normalized spacial score (nSPS) is 13.7. The second kappa shape index (κ2) is 9.70. The molecule has 0 radical (unpaired) electrons. The molecule has 0 aliphatic carbocycles. The summed E-state index contributed by atoms with van der Waals surface area (Å²) in [6.45, 7) is 4.35. The van der Waals surface area contributed by atoms with Crippen molar-refractivity contribution in [3.8, 4) is 28.8 Å². The van der Waals surface area contributed by atoms with Gasteiger partial charge < -0.3 is 19.0 Å². The topological polar surface area (TPSA) is 97.5 Å². The molecule has 5 rings (SSSR count). The van der Waals surface area contributed by atoms with Crippen molar-refractivity contribution < 1.29 is 13.9 Å². The van der Waals surface area contributed by atoms with Crippen LogP contribution in [0.1, 0.15) is 5.69 Å². The Morgan fingerprint density at radius 2 is 1.62 bits per heavy atom. The molecular formula is C25H24N6O3. The lowest BCUT2D eigenvalue weighted by atomic mass is 10.2. The molecule has 1 aliphatic rings. The molecule has 1 amide bonds. The van der Waals surface area contributed by atoms with E-state index in [1.165, 1.54) is 0 Å². The molecular weight excluding hydrogens is 432 g/mol. The summed E-state index contributed by atoms with van der Waals surface area (Å²) in [7, 11) is 0. The minimum absolute atomic E-state index is 0.0272. The number of anilines is 1. The van der Waals surface area contributed by atoms with E-state index in [2.05, 4.69) is 20.1 Å². The fraction of sp³-hybridized carbons (Fsp3) is 0.240. The van der Waals surface area contributed by atoms with Gasteiger partial charge >= 0.3 is 0 Å². The lowest BCUT2D eigenvalue weighted by Crippen LogP contribution is -2.50. The number of benzene rings is 2. The van der Waals surface area contributed by atoms with Crippen LogP contribution >= 0.6 is 0 Å². The van der Waals surface area contributed by atoms with Gasteiger partial charge in [-0.25, -0.2) is 4.98 Å². The van der Waals surface area contributed by atoms with E-state index in [1.807, 2.05) is 72.5 Å². The van der Waals surface area contributed by atoms with Gasteiger partial charge in [0.2, 0.25) is 5.89 Å². The first-order chi connectivity index (χ1) is 16.7. The molecule has 9 heteroatoms. The van der Waals surface area contributed by atoms with E-state index in [1.54, 1.807) is 6.20 Å². The van der Waals surface area contributed by atoms with Gasteiger partial charge in [-0.1, -0.05) is 36.4 Å². The van der Waals surface area contributed by atoms with Gasteiger partial charge in [-0.15, -0.1) is 10.2 Å². The number of hydrogen-bond donors (Lipinski definition) is 0. The molecule has 2 aromatic carbocycles. The molecule has 34 heavy (non-hydrogen) atoms. The highest BCUT2D eigenvalue weighted by atomic mass is 16.5. The number of amides is 1. The first-order valence-corrected chi connectivity index (χ1v) is 11.1. The number of rotatable bonds is 6. The average Bonchev–Trinajstić information content (AvgIpc) is 3.39. The van der Waals surface area contributed by atoms with Crippen LogP contribution in [0.25, 0.3) is 23.0 Å². The number of aromatic nitrogens is 4. The van der Waals surface area contributed by atoms with Crippen LogP contribution in [0.3, 0.4) is 0 Å². The van der Waals surface area contributed by atoms with Gasteiger partial charge in [-0.2, -0.15) is 0 Å². The van der Waals surface area contributed by atoms with Gasteiger partial charge in [0.25, 0.3) is 11.8 Å². The van der Waals surface area contributed by atoms with Crippen molar-refractivity contribution in [3.63, 3.8) is 0 Å². The highest BCUT2D eigenvalue weighted by Crippen LogP contribution is 2.26. The van der Waals surface area contributed by atoms with Crippen molar-refractivity contribution >= 4 is 11.7 Å². The summed E-state index contributed by atoms with van der Waals surface area (Å²) in [4.78, 5) is 25.7. The predicted octanol–water partition coefficient (Wildman–Crippen LogP) is 3.23. The number of piperazine rings is 1. The van der Waals surface area contributed by atoms with E-state index in [0.29, 0.717) is 60.9 Å². The largest absolute Gasteiger partial charge is 0.484 e. The third-order valence-corrected chi connectivity index (χ3v) is 5.65. The quantitative estimate of drug-likeness (QED) is 0.436. The zero-order valence-corrected chi connectivity index (χ0v) is 18.8. The van der Waals surface area contributed by atoms with E-state index in [9.17, 15) is 4.79 Å². The maximum absolute atomic E-state index is 12.5.